The summed E-state index contributed by atoms with van der Waals surface area (Å²) in [5.41, 5.74) is 2.73. The van der Waals surface area contributed by atoms with Crippen LogP contribution < -0.4 is 4.90 Å². The third kappa shape index (κ3) is 3.00. The maximum absolute atomic E-state index is 10.4. The van der Waals surface area contributed by atoms with Crippen LogP contribution in [-0.2, 0) is 0 Å². The normalized spacial score (nSPS) is 11.9. The van der Waals surface area contributed by atoms with Crippen LogP contribution in [0.1, 0.15) is 17.2 Å². The van der Waals surface area contributed by atoms with Gasteiger partial charge in [-0.15, -0.1) is 0 Å². The number of hydrogen-bond acceptors (Lipinski definition) is 3. The Kier molecular flexibility index (Phi) is 4.17. The zero-order chi connectivity index (χ0) is 15.4. The lowest BCUT2D eigenvalue weighted by atomic mass is 10.0. The van der Waals surface area contributed by atoms with Gasteiger partial charge in [0.1, 0.15) is 11.9 Å². The first kappa shape index (κ1) is 14.3. The zero-order valence-electron chi connectivity index (χ0n) is 12.4. The molecule has 0 aliphatic carbocycles. The first-order chi connectivity index (χ1) is 10.8. The van der Waals surface area contributed by atoms with Crippen molar-refractivity contribution in [1.82, 2.24) is 4.98 Å². The lowest BCUT2D eigenvalue weighted by molar-refractivity contribution is 0.220. The van der Waals surface area contributed by atoms with Gasteiger partial charge < -0.3 is 10.0 Å². The van der Waals surface area contributed by atoms with Crippen LogP contribution in [0.4, 0.5) is 11.5 Å². The summed E-state index contributed by atoms with van der Waals surface area (Å²) in [6.45, 7) is 0. The van der Waals surface area contributed by atoms with Gasteiger partial charge in [0.25, 0.3) is 0 Å². The van der Waals surface area contributed by atoms with Gasteiger partial charge in [0.05, 0.1) is 0 Å². The van der Waals surface area contributed by atoms with Crippen LogP contribution >= 0.6 is 0 Å². The monoisotopic (exact) mass is 290 g/mol. The van der Waals surface area contributed by atoms with Crippen molar-refractivity contribution in [2.45, 2.75) is 6.10 Å². The molecule has 0 saturated heterocycles. The number of aliphatic hydroxyl groups is 1. The molecular weight excluding hydrogens is 272 g/mol. The van der Waals surface area contributed by atoms with E-state index in [0.29, 0.717) is 0 Å². The summed E-state index contributed by atoms with van der Waals surface area (Å²) in [6.07, 6.45) is 1.08. The Bertz CT molecular complexity index is 647. The minimum atomic E-state index is -0.648. The van der Waals surface area contributed by atoms with Gasteiger partial charge in [-0.1, -0.05) is 54.6 Å². The maximum atomic E-state index is 10.4. The summed E-state index contributed by atoms with van der Waals surface area (Å²) in [6, 6.07) is 23.5. The van der Waals surface area contributed by atoms with Crippen LogP contribution in [0.3, 0.4) is 0 Å². The Balaban J connectivity index is 1.81. The first-order valence-electron chi connectivity index (χ1n) is 7.23. The van der Waals surface area contributed by atoms with E-state index in [4.69, 9.17) is 0 Å². The fourth-order valence-electron chi connectivity index (χ4n) is 2.37. The number of anilines is 2. The van der Waals surface area contributed by atoms with E-state index in [0.717, 1.165) is 22.6 Å². The van der Waals surface area contributed by atoms with Crippen molar-refractivity contribution in [3.63, 3.8) is 0 Å². The van der Waals surface area contributed by atoms with E-state index in [-0.39, 0.29) is 0 Å². The van der Waals surface area contributed by atoms with Crippen LogP contribution in [0.2, 0.25) is 0 Å². The third-order valence-corrected chi connectivity index (χ3v) is 3.69. The molecule has 0 amide bonds. The Hall–Kier alpha value is -2.65. The number of aromatic nitrogens is 1. The molecule has 110 valence electrons. The average Bonchev–Trinajstić information content (AvgIpc) is 2.62. The summed E-state index contributed by atoms with van der Waals surface area (Å²) < 4.78 is 0. The van der Waals surface area contributed by atoms with Crippen molar-refractivity contribution < 1.29 is 5.11 Å². The van der Waals surface area contributed by atoms with Crippen LogP contribution in [0.5, 0.6) is 0 Å². The van der Waals surface area contributed by atoms with Crippen molar-refractivity contribution in [1.29, 1.82) is 0 Å². The number of pyridine rings is 1. The Labute approximate surface area is 130 Å². The van der Waals surface area contributed by atoms with E-state index in [9.17, 15) is 5.11 Å². The minimum absolute atomic E-state index is 0.648. The Morgan fingerprint density at radius 2 is 1.45 bits per heavy atom. The number of aliphatic hydroxyl groups excluding tert-OH is 1. The van der Waals surface area contributed by atoms with Gasteiger partial charge in [-0.05, 0) is 23.8 Å². The third-order valence-electron chi connectivity index (χ3n) is 3.69. The molecule has 3 rings (SSSR count). The standard InChI is InChI=1S/C19H18N2O/c1-21(17-10-6-3-7-11-17)18-13-12-16(14-20-18)19(22)15-8-4-2-5-9-15/h2-14,19,22H,1H3/t19-/m0/s1. The van der Waals surface area contributed by atoms with Gasteiger partial charge in [-0.3, -0.25) is 0 Å². The number of benzene rings is 2. The molecule has 0 unspecified atom stereocenters. The van der Waals surface area contributed by atoms with E-state index in [1.54, 1.807) is 6.20 Å². The molecule has 0 saturated carbocycles. The quantitative estimate of drug-likeness (QED) is 0.791. The first-order valence-corrected chi connectivity index (χ1v) is 7.23. The van der Waals surface area contributed by atoms with Crippen molar-refractivity contribution in [2.75, 3.05) is 11.9 Å². The van der Waals surface area contributed by atoms with Gasteiger partial charge in [0, 0.05) is 24.5 Å². The van der Waals surface area contributed by atoms with E-state index >= 15 is 0 Å². The fraction of sp³-hybridized carbons (Fsp3) is 0.105. The SMILES string of the molecule is CN(c1ccccc1)c1ccc([C@@H](O)c2ccccc2)cn1. The molecule has 0 aliphatic heterocycles. The molecule has 0 radical (unpaired) electrons. The van der Waals surface area contributed by atoms with Gasteiger partial charge in [0.15, 0.2) is 0 Å². The number of hydrogen-bond donors (Lipinski definition) is 1. The van der Waals surface area contributed by atoms with E-state index < -0.39 is 6.10 Å². The molecule has 0 fully saturated rings. The van der Waals surface area contributed by atoms with Crippen molar-refractivity contribution in [3.8, 4) is 0 Å². The highest BCUT2D eigenvalue weighted by atomic mass is 16.3. The van der Waals surface area contributed by atoms with Gasteiger partial charge >= 0.3 is 0 Å². The highest BCUT2D eigenvalue weighted by molar-refractivity contribution is 5.58. The molecule has 1 N–H and O–H groups in total. The fourth-order valence-corrected chi connectivity index (χ4v) is 2.37. The second-order valence-corrected chi connectivity index (χ2v) is 5.16. The molecule has 3 nitrogen and oxygen atoms in total. The summed E-state index contributed by atoms with van der Waals surface area (Å²) in [4.78, 5) is 6.48. The lowest BCUT2D eigenvalue weighted by Crippen LogP contribution is -2.11. The topological polar surface area (TPSA) is 36.4 Å². The highest BCUT2D eigenvalue weighted by Gasteiger charge is 2.11. The van der Waals surface area contributed by atoms with E-state index in [2.05, 4.69) is 4.98 Å². The molecule has 2 aromatic carbocycles. The summed E-state index contributed by atoms with van der Waals surface area (Å²) in [5.74, 6) is 0.843. The predicted octanol–water partition coefficient (Wildman–Crippen LogP) is 3.93. The molecular formula is C19H18N2O. The van der Waals surface area contributed by atoms with Crippen molar-refractivity contribution >= 4 is 11.5 Å². The van der Waals surface area contributed by atoms with Crippen LogP contribution in [0, 0.1) is 0 Å². The molecule has 1 heterocycles. The molecule has 0 spiro atoms. The van der Waals surface area contributed by atoms with Crippen LogP contribution in [0.25, 0.3) is 0 Å². The van der Waals surface area contributed by atoms with E-state index in [1.165, 1.54) is 0 Å². The smallest absolute Gasteiger partial charge is 0.132 e. The van der Waals surface area contributed by atoms with Gasteiger partial charge in [-0.25, -0.2) is 4.98 Å². The second kappa shape index (κ2) is 6.41. The van der Waals surface area contributed by atoms with Crippen molar-refractivity contribution in [3.05, 3.63) is 90.1 Å². The Morgan fingerprint density at radius 3 is 2.05 bits per heavy atom. The largest absolute Gasteiger partial charge is 0.384 e. The summed E-state index contributed by atoms with van der Waals surface area (Å²) in [7, 11) is 1.98. The minimum Gasteiger partial charge on any atom is -0.384 e. The maximum Gasteiger partial charge on any atom is 0.132 e. The lowest BCUT2D eigenvalue weighted by Gasteiger charge is -2.19. The second-order valence-electron chi connectivity index (χ2n) is 5.16. The van der Waals surface area contributed by atoms with Crippen LogP contribution in [-0.4, -0.2) is 17.1 Å². The highest BCUT2D eigenvalue weighted by Crippen LogP contribution is 2.25. The van der Waals surface area contributed by atoms with E-state index in [1.807, 2.05) is 84.7 Å². The van der Waals surface area contributed by atoms with Crippen molar-refractivity contribution in [2.24, 2.45) is 0 Å². The summed E-state index contributed by atoms with van der Waals surface area (Å²) >= 11 is 0. The number of rotatable bonds is 4. The molecule has 3 aromatic rings. The predicted molar refractivity (Wildman–Crippen MR) is 89.2 cm³/mol. The molecule has 0 bridgehead atoms. The molecule has 1 atom stereocenters. The average molecular weight is 290 g/mol. The van der Waals surface area contributed by atoms with Crippen LogP contribution in [0.15, 0.2) is 79.0 Å². The molecule has 22 heavy (non-hydrogen) atoms. The molecule has 0 aliphatic rings. The number of nitrogens with zero attached hydrogens (tertiary/aromatic N) is 2. The molecule has 3 heteroatoms. The van der Waals surface area contributed by atoms with Gasteiger partial charge in [-0.2, -0.15) is 0 Å². The summed E-state index contributed by atoms with van der Waals surface area (Å²) in [5, 5.41) is 10.4. The van der Waals surface area contributed by atoms with Gasteiger partial charge in [0.2, 0.25) is 0 Å². The zero-order valence-corrected chi connectivity index (χ0v) is 12.4. The number of para-hydroxylation sites is 1. The molecule has 1 aromatic heterocycles. The Morgan fingerprint density at radius 1 is 0.818 bits per heavy atom.